The first kappa shape index (κ1) is 16.5. The monoisotopic (exact) mass is 330 g/mol. The minimum atomic E-state index is -0.849. The van der Waals surface area contributed by atoms with Gasteiger partial charge in [-0.1, -0.05) is 24.6 Å². The van der Waals surface area contributed by atoms with Gasteiger partial charge in [0.25, 0.3) is 0 Å². The molecule has 1 aliphatic carbocycles. The van der Waals surface area contributed by atoms with Gasteiger partial charge in [-0.25, -0.2) is 0 Å². The van der Waals surface area contributed by atoms with E-state index in [4.69, 9.17) is 0 Å². The Morgan fingerprint density at radius 2 is 2.00 bits per heavy atom. The predicted molar refractivity (Wildman–Crippen MR) is 88.6 cm³/mol. The van der Waals surface area contributed by atoms with Gasteiger partial charge in [0, 0.05) is 31.1 Å². The smallest absolute Gasteiger partial charge is 0.308 e. The first-order chi connectivity index (χ1) is 11.6. The quantitative estimate of drug-likeness (QED) is 0.861. The number of benzene rings is 1. The Hall–Kier alpha value is -2.37. The van der Waals surface area contributed by atoms with Crippen molar-refractivity contribution in [1.29, 1.82) is 0 Å². The van der Waals surface area contributed by atoms with Crippen molar-refractivity contribution < 1.29 is 19.5 Å². The number of rotatable bonds is 5. The van der Waals surface area contributed by atoms with Gasteiger partial charge >= 0.3 is 5.97 Å². The normalized spacial score (nSPS) is 23.0. The van der Waals surface area contributed by atoms with E-state index in [0.717, 1.165) is 24.1 Å². The molecular formula is C18H22N2O4. The molecule has 1 saturated carbocycles. The molecule has 0 aromatic heterocycles. The lowest BCUT2D eigenvalue weighted by Crippen LogP contribution is -2.42. The number of hydrogen-bond donors (Lipinski definition) is 2. The van der Waals surface area contributed by atoms with Crippen LogP contribution in [0.15, 0.2) is 24.3 Å². The van der Waals surface area contributed by atoms with E-state index in [-0.39, 0.29) is 24.3 Å². The van der Waals surface area contributed by atoms with Gasteiger partial charge in [0.05, 0.1) is 5.92 Å². The lowest BCUT2D eigenvalue weighted by atomic mass is 10.0. The van der Waals surface area contributed by atoms with Crippen molar-refractivity contribution in [3.63, 3.8) is 0 Å². The van der Waals surface area contributed by atoms with Gasteiger partial charge < -0.3 is 15.3 Å². The molecule has 3 rings (SSSR count). The zero-order chi connectivity index (χ0) is 17.1. The van der Waals surface area contributed by atoms with E-state index in [1.165, 1.54) is 0 Å². The minimum absolute atomic E-state index is 0.0331. The van der Waals surface area contributed by atoms with Crippen molar-refractivity contribution in [3.8, 4) is 0 Å². The molecule has 0 spiro atoms. The summed E-state index contributed by atoms with van der Waals surface area (Å²) in [7, 11) is 0. The summed E-state index contributed by atoms with van der Waals surface area (Å²) < 4.78 is 0. The average Bonchev–Trinajstić information content (AvgIpc) is 3.02. The van der Waals surface area contributed by atoms with Crippen LogP contribution in [-0.4, -0.2) is 35.5 Å². The van der Waals surface area contributed by atoms with Crippen LogP contribution in [0.5, 0.6) is 0 Å². The third-order valence-corrected chi connectivity index (χ3v) is 4.93. The summed E-state index contributed by atoms with van der Waals surface area (Å²) in [5.41, 5.74) is 2.00. The molecule has 24 heavy (non-hydrogen) atoms. The minimum Gasteiger partial charge on any atom is -0.481 e. The van der Waals surface area contributed by atoms with Gasteiger partial charge in [-0.15, -0.1) is 0 Å². The number of amides is 2. The Morgan fingerprint density at radius 3 is 2.79 bits per heavy atom. The first-order valence-electron chi connectivity index (χ1n) is 8.46. The summed E-state index contributed by atoms with van der Waals surface area (Å²) in [5.74, 6) is -1.50. The number of aryl methyl sites for hydroxylation is 1. The highest BCUT2D eigenvalue weighted by atomic mass is 16.4. The van der Waals surface area contributed by atoms with E-state index in [2.05, 4.69) is 5.32 Å². The predicted octanol–water partition coefficient (Wildman–Crippen LogP) is 1.73. The summed E-state index contributed by atoms with van der Waals surface area (Å²) in [6.45, 7) is 0.326. The number of carbonyl (C=O) groups excluding carboxylic acids is 2. The second kappa shape index (κ2) is 7.03. The lowest BCUT2D eigenvalue weighted by molar-refractivity contribution is -0.142. The second-order valence-corrected chi connectivity index (χ2v) is 6.47. The second-order valence-electron chi connectivity index (χ2n) is 6.47. The molecule has 0 unspecified atom stereocenters. The van der Waals surface area contributed by atoms with Gasteiger partial charge in [-0.3, -0.25) is 14.4 Å². The van der Waals surface area contributed by atoms with E-state index in [0.29, 0.717) is 25.8 Å². The Labute approximate surface area is 140 Å². The van der Waals surface area contributed by atoms with Crippen molar-refractivity contribution in [2.45, 2.75) is 44.6 Å². The lowest BCUT2D eigenvalue weighted by Gasteiger charge is -2.29. The molecule has 1 heterocycles. The van der Waals surface area contributed by atoms with Crippen molar-refractivity contribution in [1.82, 2.24) is 5.32 Å². The van der Waals surface area contributed by atoms with Gasteiger partial charge in [0.2, 0.25) is 11.8 Å². The van der Waals surface area contributed by atoms with Crippen LogP contribution in [0, 0.1) is 5.92 Å². The Balaban J connectivity index is 1.58. The molecule has 0 radical (unpaired) electrons. The Kier molecular flexibility index (Phi) is 4.83. The van der Waals surface area contributed by atoms with E-state index < -0.39 is 11.9 Å². The number of carbonyl (C=O) groups is 3. The van der Waals surface area contributed by atoms with Crippen molar-refractivity contribution >= 4 is 23.5 Å². The molecule has 6 nitrogen and oxygen atoms in total. The third-order valence-electron chi connectivity index (χ3n) is 4.93. The molecule has 2 atom stereocenters. The number of carboxylic acid groups (broad SMARTS) is 1. The van der Waals surface area contributed by atoms with E-state index in [1.54, 1.807) is 4.90 Å². The topological polar surface area (TPSA) is 86.7 Å². The highest BCUT2D eigenvalue weighted by molar-refractivity contribution is 5.97. The number of nitrogens with zero attached hydrogens (tertiary/aromatic N) is 1. The molecule has 1 aromatic carbocycles. The zero-order valence-corrected chi connectivity index (χ0v) is 13.5. The number of carboxylic acids is 1. The fourth-order valence-electron chi connectivity index (χ4n) is 3.66. The number of aliphatic carboxylic acids is 1. The van der Waals surface area contributed by atoms with E-state index in [1.807, 2.05) is 24.3 Å². The number of para-hydroxylation sites is 1. The molecule has 128 valence electrons. The number of anilines is 1. The number of fused-ring (bicyclic) bond motifs is 1. The Bertz CT molecular complexity index is 658. The molecule has 2 aliphatic rings. The van der Waals surface area contributed by atoms with Gasteiger partial charge in [0.1, 0.15) is 0 Å². The molecule has 0 saturated heterocycles. The average molecular weight is 330 g/mol. The van der Waals surface area contributed by atoms with Gasteiger partial charge in [-0.05, 0) is 30.9 Å². The summed E-state index contributed by atoms with van der Waals surface area (Å²) in [6, 6.07) is 7.46. The van der Waals surface area contributed by atoms with Gasteiger partial charge in [-0.2, -0.15) is 0 Å². The van der Waals surface area contributed by atoms with Crippen LogP contribution in [0.1, 0.15) is 37.7 Å². The summed E-state index contributed by atoms with van der Waals surface area (Å²) in [4.78, 5) is 37.2. The number of hydrogen-bond acceptors (Lipinski definition) is 3. The fraction of sp³-hybridized carbons (Fsp3) is 0.500. The van der Waals surface area contributed by atoms with Crippen LogP contribution >= 0.6 is 0 Å². The van der Waals surface area contributed by atoms with Crippen LogP contribution in [0.4, 0.5) is 5.69 Å². The van der Waals surface area contributed by atoms with E-state index >= 15 is 0 Å². The molecular weight excluding hydrogens is 308 g/mol. The maximum Gasteiger partial charge on any atom is 0.308 e. The first-order valence-corrected chi connectivity index (χ1v) is 8.46. The maximum atomic E-state index is 12.2. The standard InChI is InChI=1S/C18H22N2O4/c21-16(19-14-6-3-5-13(14)18(23)24)10-11-20-15-7-2-1-4-12(15)8-9-17(20)22/h1-2,4,7,13-14H,3,5-6,8-11H2,(H,19,21)(H,23,24)/t13-,14+/m1/s1. The highest BCUT2D eigenvalue weighted by Gasteiger charge is 2.34. The van der Waals surface area contributed by atoms with Gasteiger partial charge in [0.15, 0.2) is 0 Å². The molecule has 1 aromatic rings. The molecule has 1 aliphatic heterocycles. The van der Waals surface area contributed by atoms with Crippen LogP contribution in [0.2, 0.25) is 0 Å². The van der Waals surface area contributed by atoms with Crippen molar-refractivity contribution in [2.24, 2.45) is 5.92 Å². The van der Waals surface area contributed by atoms with Crippen molar-refractivity contribution in [3.05, 3.63) is 29.8 Å². The Morgan fingerprint density at radius 1 is 1.21 bits per heavy atom. The summed E-state index contributed by atoms with van der Waals surface area (Å²) in [5, 5.41) is 12.0. The van der Waals surface area contributed by atoms with Crippen molar-refractivity contribution in [2.75, 3.05) is 11.4 Å². The zero-order valence-electron chi connectivity index (χ0n) is 13.5. The van der Waals surface area contributed by atoms with E-state index in [9.17, 15) is 19.5 Å². The molecule has 0 bridgehead atoms. The maximum absolute atomic E-state index is 12.2. The van der Waals surface area contributed by atoms with Crippen LogP contribution in [-0.2, 0) is 20.8 Å². The van der Waals surface area contributed by atoms with Crippen LogP contribution in [0.25, 0.3) is 0 Å². The SMILES string of the molecule is O=C(CCN1C(=O)CCc2ccccc21)N[C@H]1CCC[C@H]1C(=O)O. The largest absolute Gasteiger partial charge is 0.481 e. The number of nitrogens with one attached hydrogen (secondary N) is 1. The highest BCUT2D eigenvalue weighted by Crippen LogP contribution is 2.28. The molecule has 2 amide bonds. The summed E-state index contributed by atoms with van der Waals surface area (Å²) >= 11 is 0. The molecule has 2 N–H and O–H groups in total. The molecule has 1 fully saturated rings. The van der Waals surface area contributed by atoms with Crippen LogP contribution < -0.4 is 10.2 Å². The summed E-state index contributed by atoms with van der Waals surface area (Å²) in [6.07, 6.45) is 3.51. The molecule has 6 heteroatoms. The third kappa shape index (κ3) is 3.42. The fourth-order valence-corrected chi connectivity index (χ4v) is 3.66. The van der Waals surface area contributed by atoms with Crippen LogP contribution in [0.3, 0.4) is 0 Å².